The molecule has 1 aromatic heterocycles. The Morgan fingerprint density at radius 2 is 1.55 bits per heavy atom. The molecule has 1 N–H and O–H groups in total. The van der Waals surface area contributed by atoms with E-state index in [4.69, 9.17) is 4.74 Å². The number of nitrogens with one attached hydrogen (secondary N) is 1. The quantitative estimate of drug-likeness (QED) is 0.894. The summed E-state index contributed by atoms with van der Waals surface area (Å²) in [6.45, 7) is 5.50. The van der Waals surface area contributed by atoms with E-state index in [1.54, 1.807) is 12.4 Å². The zero-order valence-electron chi connectivity index (χ0n) is 11.9. The van der Waals surface area contributed by atoms with Gasteiger partial charge in [0, 0.05) is 18.1 Å². The van der Waals surface area contributed by atoms with Crippen molar-refractivity contribution < 1.29 is 9.53 Å². The molecule has 0 saturated carbocycles. The molecule has 0 bridgehead atoms. The summed E-state index contributed by atoms with van der Waals surface area (Å²) in [4.78, 5) is 15.6. The maximum Gasteiger partial charge on any atom is 0.412 e. The maximum atomic E-state index is 11.6. The Morgan fingerprint density at radius 1 is 1.00 bits per heavy atom. The summed E-state index contributed by atoms with van der Waals surface area (Å²) in [5, 5.41) is 2.70. The van der Waals surface area contributed by atoms with Gasteiger partial charge in [-0.25, -0.2) is 4.79 Å². The monoisotopic (exact) mass is 270 g/mol. The van der Waals surface area contributed by atoms with E-state index in [9.17, 15) is 4.79 Å². The van der Waals surface area contributed by atoms with Crippen LogP contribution in [0.5, 0.6) is 0 Å². The summed E-state index contributed by atoms with van der Waals surface area (Å²) in [6, 6.07) is 11.5. The second-order valence-corrected chi connectivity index (χ2v) is 5.44. The fraction of sp³-hybridized carbons (Fsp3) is 0.250. The molecule has 2 aromatic rings. The lowest BCUT2D eigenvalue weighted by Crippen LogP contribution is -2.27. The van der Waals surface area contributed by atoms with Crippen LogP contribution in [-0.4, -0.2) is 16.7 Å². The molecule has 1 aromatic carbocycles. The van der Waals surface area contributed by atoms with Gasteiger partial charge in [-0.1, -0.05) is 12.1 Å². The highest BCUT2D eigenvalue weighted by Crippen LogP contribution is 2.21. The first kappa shape index (κ1) is 14.1. The van der Waals surface area contributed by atoms with Gasteiger partial charge in [0.15, 0.2) is 0 Å². The van der Waals surface area contributed by atoms with Gasteiger partial charge in [-0.05, 0) is 56.2 Å². The molecule has 104 valence electrons. The van der Waals surface area contributed by atoms with Crippen LogP contribution in [-0.2, 0) is 4.74 Å². The largest absolute Gasteiger partial charge is 0.444 e. The van der Waals surface area contributed by atoms with E-state index in [2.05, 4.69) is 10.3 Å². The summed E-state index contributed by atoms with van der Waals surface area (Å²) in [6.07, 6.45) is 3.05. The van der Waals surface area contributed by atoms with Crippen molar-refractivity contribution in [1.82, 2.24) is 4.98 Å². The van der Waals surface area contributed by atoms with Crippen LogP contribution in [0.15, 0.2) is 48.8 Å². The summed E-state index contributed by atoms with van der Waals surface area (Å²) in [5.41, 5.74) is 2.36. The Kier molecular flexibility index (Phi) is 4.03. The van der Waals surface area contributed by atoms with Gasteiger partial charge in [-0.15, -0.1) is 0 Å². The highest BCUT2D eigenvalue weighted by molar-refractivity contribution is 5.85. The van der Waals surface area contributed by atoms with E-state index in [0.29, 0.717) is 5.69 Å². The van der Waals surface area contributed by atoms with Gasteiger partial charge >= 0.3 is 6.09 Å². The van der Waals surface area contributed by atoms with E-state index >= 15 is 0 Å². The number of ether oxygens (including phenoxy) is 1. The minimum atomic E-state index is -0.499. The van der Waals surface area contributed by atoms with Crippen molar-refractivity contribution in [2.24, 2.45) is 0 Å². The molecule has 0 aliphatic rings. The summed E-state index contributed by atoms with van der Waals surface area (Å²) >= 11 is 0. The minimum Gasteiger partial charge on any atom is -0.444 e. The Balaban J connectivity index is 2.04. The van der Waals surface area contributed by atoms with Gasteiger partial charge in [0.2, 0.25) is 0 Å². The van der Waals surface area contributed by atoms with Crippen molar-refractivity contribution in [1.29, 1.82) is 0 Å². The molecule has 1 heterocycles. The molecule has 4 heteroatoms. The Hall–Kier alpha value is -2.36. The van der Waals surface area contributed by atoms with E-state index in [-0.39, 0.29) is 0 Å². The van der Waals surface area contributed by atoms with E-state index < -0.39 is 11.7 Å². The number of amides is 1. The number of hydrogen-bond acceptors (Lipinski definition) is 3. The third-order valence-corrected chi connectivity index (χ3v) is 2.54. The first-order valence-corrected chi connectivity index (χ1v) is 6.44. The zero-order chi connectivity index (χ0) is 14.6. The van der Waals surface area contributed by atoms with Crippen LogP contribution in [0.1, 0.15) is 20.8 Å². The van der Waals surface area contributed by atoms with Crippen molar-refractivity contribution in [3.8, 4) is 11.1 Å². The van der Waals surface area contributed by atoms with Crippen molar-refractivity contribution in [2.45, 2.75) is 26.4 Å². The molecule has 0 radical (unpaired) electrons. The molecule has 0 atom stereocenters. The van der Waals surface area contributed by atoms with Gasteiger partial charge in [0.1, 0.15) is 5.60 Å². The lowest BCUT2D eigenvalue weighted by molar-refractivity contribution is 0.0636. The molecule has 1 amide bonds. The second-order valence-electron chi connectivity index (χ2n) is 5.44. The Morgan fingerprint density at radius 3 is 2.10 bits per heavy atom. The number of anilines is 1. The fourth-order valence-corrected chi connectivity index (χ4v) is 1.71. The second kappa shape index (κ2) is 5.74. The van der Waals surface area contributed by atoms with Crippen LogP contribution in [0.2, 0.25) is 0 Å². The normalized spacial score (nSPS) is 10.9. The molecule has 20 heavy (non-hydrogen) atoms. The predicted octanol–water partition coefficient (Wildman–Crippen LogP) is 4.10. The number of hydrogen-bond donors (Lipinski definition) is 1. The number of carbonyl (C=O) groups is 1. The van der Waals surface area contributed by atoms with Crippen molar-refractivity contribution >= 4 is 11.8 Å². The number of nitrogens with zero attached hydrogens (tertiary/aromatic N) is 1. The lowest BCUT2D eigenvalue weighted by Gasteiger charge is -2.19. The van der Waals surface area contributed by atoms with E-state index in [1.807, 2.05) is 57.2 Å². The maximum absolute atomic E-state index is 11.6. The topological polar surface area (TPSA) is 51.2 Å². The number of rotatable bonds is 2. The molecule has 4 nitrogen and oxygen atoms in total. The van der Waals surface area contributed by atoms with Crippen LogP contribution in [0, 0.1) is 0 Å². The van der Waals surface area contributed by atoms with Gasteiger partial charge < -0.3 is 4.74 Å². The smallest absolute Gasteiger partial charge is 0.412 e. The van der Waals surface area contributed by atoms with Gasteiger partial charge in [0.05, 0.1) is 0 Å². The first-order valence-electron chi connectivity index (χ1n) is 6.44. The van der Waals surface area contributed by atoms with Crippen LogP contribution in [0.4, 0.5) is 10.5 Å². The molecule has 0 fully saturated rings. The first-order chi connectivity index (χ1) is 9.44. The third kappa shape index (κ3) is 4.09. The SMILES string of the molecule is CC(C)(C)OC(=O)Nc1ccc(-c2ccncc2)cc1. The summed E-state index contributed by atoms with van der Waals surface area (Å²) < 4.78 is 5.20. The summed E-state index contributed by atoms with van der Waals surface area (Å²) in [5.74, 6) is 0. The molecular formula is C16H18N2O2. The van der Waals surface area contributed by atoms with Crippen molar-refractivity contribution in [2.75, 3.05) is 5.32 Å². The number of pyridine rings is 1. The molecule has 2 rings (SSSR count). The molecule has 0 unspecified atom stereocenters. The molecular weight excluding hydrogens is 252 g/mol. The van der Waals surface area contributed by atoms with Crippen molar-refractivity contribution in [3.05, 3.63) is 48.8 Å². The molecule has 0 aliphatic heterocycles. The van der Waals surface area contributed by atoms with E-state index in [1.165, 1.54) is 0 Å². The van der Waals surface area contributed by atoms with Crippen LogP contribution < -0.4 is 5.32 Å². The van der Waals surface area contributed by atoms with Gasteiger partial charge in [-0.2, -0.15) is 0 Å². The highest BCUT2D eigenvalue weighted by atomic mass is 16.6. The lowest BCUT2D eigenvalue weighted by atomic mass is 10.1. The van der Waals surface area contributed by atoms with Gasteiger partial charge in [-0.3, -0.25) is 10.3 Å². The minimum absolute atomic E-state index is 0.450. The molecule has 0 saturated heterocycles. The number of carbonyl (C=O) groups excluding carboxylic acids is 1. The highest BCUT2D eigenvalue weighted by Gasteiger charge is 2.16. The number of aromatic nitrogens is 1. The zero-order valence-corrected chi connectivity index (χ0v) is 11.9. The Bertz CT molecular complexity index is 572. The van der Waals surface area contributed by atoms with Crippen LogP contribution in [0.25, 0.3) is 11.1 Å². The third-order valence-electron chi connectivity index (χ3n) is 2.54. The van der Waals surface area contributed by atoms with E-state index in [0.717, 1.165) is 11.1 Å². The fourth-order valence-electron chi connectivity index (χ4n) is 1.71. The molecule has 0 aliphatic carbocycles. The molecule has 0 spiro atoms. The van der Waals surface area contributed by atoms with Gasteiger partial charge in [0.25, 0.3) is 0 Å². The average Bonchev–Trinajstić information content (AvgIpc) is 2.38. The average molecular weight is 270 g/mol. The summed E-state index contributed by atoms with van der Waals surface area (Å²) in [7, 11) is 0. The Labute approximate surface area is 118 Å². The van der Waals surface area contributed by atoms with Crippen LogP contribution >= 0.6 is 0 Å². The van der Waals surface area contributed by atoms with Crippen LogP contribution in [0.3, 0.4) is 0 Å². The predicted molar refractivity (Wildman–Crippen MR) is 79.5 cm³/mol. The standard InChI is InChI=1S/C16H18N2O2/c1-16(2,3)20-15(19)18-14-6-4-12(5-7-14)13-8-10-17-11-9-13/h4-11H,1-3H3,(H,18,19). The van der Waals surface area contributed by atoms with Crippen molar-refractivity contribution in [3.63, 3.8) is 0 Å². The number of benzene rings is 1.